The zero-order chi connectivity index (χ0) is 16.9. The van der Waals surface area contributed by atoms with Gasteiger partial charge in [-0.05, 0) is 19.1 Å². The van der Waals surface area contributed by atoms with Gasteiger partial charge in [0.2, 0.25) is 0 Å². The summed E-state index contributed by atoms with van der Waals surface area (Å²) in [6, 6.07) is 7.66. The van der Waals surface area contributed by atoms with Crippen LogP contribution in [0.5, 0.6) is 0 Å². The number of morpholine rings is 1. The summed E-state index contributed by atoms with van der Waals surface area (Å²) in [4.78, 5) is 14.9. The van der Waals surface area contributed by atoms with Gasteiger partial charge in [0.15, 0.2) is 0 Å². The molecule has 3 rings (SSSR count). The van der Waals surface area contributed by atoms with Crippen molar-refractivity contribution in [1.29, 1.82) is 0 Å². The first-order valence-corrected chi connectivity index (χ1v) is 8.75. The standard InChI is InChI=1S/C17H20BrN3O3/c1-12-15(16(20-24-12)13-3-2-4-14(18)11-13)17(22)19-5-6-21-7-9-23-10-8-21/h2-4,11H,5-10H2,1H3,(H,19,22). The van der Waals surface area contributed by atoms with E-state index in [1.165, 1.54) is 0 Å². The monoisotopic (exact) mass is 393 g/mol. The predicted molar refractivity (Wildman–Crippen MR) is 94.0 cm³/mol. The molecule has 1 aromatic heterocycles. The van der Waals surface area contributed by atoms with Crippen molar-refractivity contribution in [2.75, 3.05) is 39.4 Å². The van der Waals surface area contributed by atoms with Gasteiger partial charge in [-0.3, -0.25) is 9.69 Å². The molecule has 1 aliphatic rings. The van der Waals surface area contributed by atoms with Gasteiger partial charge in [-0.25, -0.2) is 0 Å². The highest BCUT2D eigenvalue weighted by Crippen LogP contribution is 2.27. The zero-order valence-corrected chi connectivity index (χ0v) is 15.1. The van der Waals surface area contributed by atoms with Crippen LogP contribution in [-0.2, 0) is 4.74 Å². The van der Waals surface area contributed by atoms with Crippen LogP contribution in [0, 0.1) is 6.92 Å². The molecule has 1 saturated heterocycles. The molecule has 7 heteroatoms. The van der Waals surface area contributed by atoms with Crippen LogP contribution in [0.25, 0.3) is 11.3 Å². The number of amides is 1. The summed E-state index contributed by atoms with van der Waals surface area (Å²) < 4.78 is 11.5. The lowest BCUT2D eigenvalue weighted by Gasteiger charge is -2.26. The van der Waals surface area contributed by atoms with Gasteiger partial charge in [0, 0.05) is 36.2 Å². The summed E-state index contributed by atoms with van der Waals surface area (Å²) in [5, 5.41) is 7.03. The van der Waals surface area contributed by atoms with E-state index >= 15 is 0 Å². The molecular weight excluding hydrogens is 374 g/mol. The summed E-state index contributed by atoms with van der Waals surface area (Å²) in [5.41, 5.74) is 1.91. The lowest BCUT2D eigenvalue weighted by molar-refractivity contribution is 0.0383. The second-order valence-corrected chi connectivity index (χ2v) is 6.60. The van der Waals surface area contributed by atoms with Crippen molar-refractivity contribution in [2.45, 2.75) is 6.92 Å². The first-order valence-electron chi connectivity index (χ1n) is 7.95. The van der Waals surface area contributed by atoms with Gasteiger partial charge in [-0.2, -0.15) is 0 Å². The molecule has 1 N–H and O–H groups in total. The van der Waals surface area contributed by atoms with Gasteiger partial charge in [0.25, 0.3) is 5.91 Å². The first kappa shape index (κ1) is 17.1. The molecule has 24 heavy (non-hydrogen) atoms. The molecule has 0 saturated carbocycles. The normalized spacial score (nSPS) is 15.4. The minimum atomic E-state index is -0.156. The van der Waals surface area contributed by atoms with Gasteiger partial charge in [-0.1, -0.05) is 33.2 Å². The van der Waals surface area contributed by atoms with E-state index in [1.54, 1.807) is 6.92 Å². The molecule has 1 fully saturated rings. The van der Waals surface area contributed by atoms with E-state index in [4.69, 9.17) is 9.26 Å². The lowest BCUT2D eigenvalue weighted by atomic mass is 10.1. The van der Waals surface area contributed by atoms with E-state index in [2.05, 4.69) is 31.3 Å². The van der Waals surface area contributed by atoms with Crippen LogP contribution in [0.1, 0.15) is 16.1 Å². The highest BCUT2D eigenvalue weighted by atomic mass is 79.9. The molecular formula is C17H20BrN3O3. The maximum Gasteiger partial charge on any atom is 0.257 e. The molecule has 1 aliphatic heterocycles. The second kappa shape index (κ2) is 7.92. The van der Waals surface area contributed by atoms with Crippen LogP contribution < -0.4 is 5.32 Å². The van der Waals surface area contributed by atoms with Crippen molar-refractivity contribution in [3.63, 3.8) is 0 Å². The third-order valence-electron chi connectivity index (χ3n) is 4.01. The molecule has 0 bridgehead atoms. The third-order valence-corrected chi connectivity index (χ3v) is 4.50. The van der Waals surface area contributed by atoms with Gasteiger partial charge >= 0.3 is 0 Å². The number of rotatable bonds is 5. The van der Waals surface area contributed by atoms with Crippen LogP contribution in [0.3, 0.4) is 0 Å². The molecule has 128 valence electrons. The van der Waals surface area contributed by atoms with Gasteiger partial charge in [-0.15, -0.1) is 0 Å². The molecule has 2 heterocycles. The maximum atomic E-state index is 12.6. The SMILES string of the molecule is Cc1onc(-c2cccc(Br)c2)c1C(=O)NCCN1CCOCC1. The number of benzene rings is 1. The summed E-state index contributed by atoms with van der Waals surface area (Å²) >= 11 is 3.44. The molecule has 0 radical (unpaired) electrons. The number of halogens is 1. The minimum absolute atomic E-state index is 0.156. The Morgan fingerprint density at radius 2 is 2.17 bits per heavy atom. The van der Waals surface area contributed by atoms with Crippen molar-refractivity contribution < 1.29 is 14.1 Å². The fourth-order valence-corrected chi connectivity index (χ4v) is 3.11. The number of nitrogens with one attached hydrogen (secondary N) is 1. The maximum absolute atomic E-state index is 12.6. The molecule has 1 aromatic carbocycles. The Labute approximate surface area is 149 Å². The average Bonchev–Trinajstić information content (AvgIpc) is 2.97. The number of ether oxygens (including phenoxy) is 1. The van der Waals surface area contributed by atoms with Crippen molar-refractivity contribution >= 4 is 21.8 Å². The lowest BCUT2D eigenvalue weighted by Crippen LogP contribution is -2.41. The summed E-state index contributed by atoms with van der Waals surface area (Å²) in [6.07, 6.45) is 0. The predicted octanol–water partition coefficient (Wildman–Crippen LogP) is 2.47. The van der Waals surface area contributed by atoms with E-state index < -0.39 is 0 Å². The number of carbonyl (C=O) groups is 1. The quantitative estimate of drug-likeness (QED) is 0.844. The van der Waals surface area contributed by atoms with E-state index in [0.29, 0.717) is 23.6 Å². The van der Waals surface area contributed by atoms with Crippen LogP contribution in [0.15, 0.2) is 33.3 Å². The Balaban J connectivity index is 1.67. The van der Waals surface area contributed by atoms with Crippen LogP contribution in [0.2, 0.25) is 0 Å². The zero-order valence-electron chi connectivity index (χ0n) is 13.5. The van der Waals surface area contributed by atoms with Crippen LogP contribution in [-0.4, -0.2) is 55.4 Å². The molecule has 1 amide bonds. The number of aromatic nitrogens is 1. The van der Waals surface area contributed by atoms with Crippen LogP contribution >= 0.6 is 15.9 Å². The van der Waals surface area contributed by atoms with Crippen molar-refractivity contribution in [3.8, 4) is 11.3 Å². The Morgan fingerprint density at radius 1 is 1.38 bits per heavy atom. The molecule has 0 unspecified atom stereocenters. The number of hydrogen-bond acceptors (Lipinski definition) is 5. The summed E-state index contributed by atoms with van der Waals surface area (Å²) in [5.74, 6) is 0.367. The van der Waals surface area contributed by atoms with E-state index in [0.717, 1.165) is 42.9 Å². The summed E-state index contributed by atoms with van der Waals surface area (Å²) in [7, 11) is 0. The van der Waals surface area contributed by atoms with Crippen molar-refractivity contribution in [3.05, 3.63) is 40.1 Å². The fraction of sp³-hybridized carbons (Fsp3) is 0.412. The average molecular weight is 394 g/mol. The highest BCUT2D eigenvalue weighted by Gasteiger charge is 2.21. The highest BCUT2D eigenvalue weighted by molar-refractivity contribution is 9.10. The Morgan fingerprint density at radius 3 is 2.92 bits per heavy atom. The Kier molecular flexibility index (Phi) is 5.65. The van der Waals surface area contributed by atoms with Gasteiger partial charge < -0.3 is 14.6 Å². The molecule has 2 aromatic rings. The van der Waals surface area contributed by atoms with E-state index in [1.807, 2.05) is 24.3 Å². The van der Waals surface area contributed by atoms with Crippen molar-refractivity contribution in [1.82, 2.24) is 15.4 Å². The Bertz CT molecular complexity index is 711. The smallest absolute Gasteiger partial charge is 0.257 e. The number of hydrogen-bond donors (Lipinski definition) is 1. The molecule has 0 aliphatic carbocycles. The number of nitrogens with zero attached hydrogens (tertiary/aromatic N) is 2. The van der Waals surface area contributed by atoms with E-state index in [9.17, 15) is 4.79 Å². The van der Waals surface area contributed by atoms with E-state index in [-0.39, 0.29) is 5.91 Å². The molecule has 0 spiro atoms. The summed E-state index contributed by atoms with van der Waals surface area (Å²) in [6.45, 7) is 6.48. The van der Waals surface area contributed by atoms with Gasteiger partial charge in [0.05, 0.1) is 13.2 Å². The minimum Gasteiger partial charge on any atom is -0.379 e. The van der Waals surface area contributed by atoms with Crippen LogP contribution in [0.4, 0.5) is 0 Å². The third kappa shape index (κ3) is 4.03. The molecule has 6 nitrogen and oxygen atoms in total. The number of aryl methyl sites for hydroxylation is 1. The second-order valence-electron chi connectivity index (χ2n) is 5.68. The largest absolute Gasteiger partial charge is 0.379 e. The first-order chi connectivity index (χ1) is 11.6. The van der Waals surface area contributed by atoms with Gasteiger partial charge in [0.1, 0.15) is 17.0 Å². The topological polar surface area (TPSA) is 67.6 Å². The molecule has 0 atom stereocenters. The fourth-order valence-electron chi connectivity index (χ4n) is 2.71. The number of carbonyl (C=O) groups excluding carboxylic acids is 1. The Hall–Kier alpha value is -1.70. The van der Waals surface area contributed by atoms with Crippen molar-refractivity contribution in [2.24, 2.45) is 0 Å².